The van der Waals surface area contributed by atoms with Crippen molar-refractivity contribution >= 4 is 0 Å². The molecule has 0 heterocycles. The van der Waals surface area contributed by atoms with Crippen molar-refractivity contribution in [1.29, 1.82) is 0 Å². The molecule has 0 saturated carbocycles. The lowest BCUT2D eigenvalue weighted by Crippen LogP contribution is -1.96. The normalized spacial score (nSPS) is 17.4. The summed E-state index contributed by atoms with van der Waals surface area (Å²) in [4.78, 5) is 0. The fraction of sp³-hybridized carbons (Fsp3) is 0.294. The highest BCUT2D eigenvalue weighted by Crippen LogP contribution is 2.37. The van der Waals surface area contributed by atoms with Crippen LogP contribution in [0.15, 0.2) is 42.5 Å². The molecule has 19 heavy (non-hydrogen) atoms. The number of phenols is 2. The van der Waals surface area contributed by atoms with Crippen molar-refractivity contribution in [2.45, 2.75) is 31.6 Å². The van der Waals surface area contributed by atoms with Crippen molar-refractivity contribution in [2.24, 2.45) is 0 Å². The van der Waals surface area contributed by atoms with E-state index in [-0.39, 0.29) is 0 Å². The van der Waals surface area contributed by atoms with Crippen LogP contribution < -0.4 is 0 Å². The van der Waals surface area contributed by atoms with Crippen LogP contribution in [0.4, 0.5) is 0 Å². The van der Waals surface area contributed by atoms with Gasteiger partial charge in [-0.1, -0.05) is 18.2 Å². The van der Waals surface area contributed by atoms with Crippen LogP contribution in [-0.4, -0.2) is 10.2 Å². The largest absolute Gasteiger partial charge is 0.508 e. The maximum Gasteiger partial charge on any atom is 0.115 e. The van der Waals surface area contributed by atoms with Crippen LogP contribution in [0, 0.1) is 0 Å². The van der Waals surface area contributed by atoms with Gasteiger partial charge in [0.15, 0.2) is 0 Å². The Hall–Kier alpha value is -1.96. The van der Waals surface area contributed by atoms with Crippen molar-refractivity contribution in [3.63, 3.8) is 0 Å². The summed E-state index contributed by atoms with van der Waals surface area (Å²) in [5, 5.41) is 18.9. The van der Waals surface area contributed by atoms with Crippen LogP contribution in [0.5, 0.6) is 11.5 Å². The molecule has 2 nitrogen and oxygen atoms in total. The molecule has 0 saturated heterocycles. The van der Waals surface area contributed by atoms with Crippen molar-refractivity contribution in [2.75, 3.05) is 0 Å². The topological polar surface area (TPSA) is 40.5 Å². The first-order valence-corrected chi connectivity index (χ1v) is 6.82. The van der Waals surface area contributed by atoms with Gasteiger partial charge in [0, 0.05) is 0 Å². The van der Waals surface area contributed by atoms with Gasteiger partial charge in [0.05, 0.1) is 0 Å². The maximum atomic E-state index is 9.60. The molecule has 1 atom stereocenters. The number of aryl methyl sites for hydroxylation is 2. The Morgan fingerprint density at radius 2 is 1.68 bits per heavy atom. The van der Waals surface area contributed by atoms with Crippen LogP contribution in [0.25, 0.3) is 0 Å². The molecule has 0 amide bonds. The minimum Gasteiger partial charge on any atom is -0.508 e. The van der Waals surface area contributed by atoms with Gasteiger partial charge >= 0.3 is 0 Å². The molecule has 2 aromatic rings. The average Bonchev–Trinajstić information content (AvgIpc) is 2.80. The predicted molar refractivity (Wildman–Crippen MR) is 75.6 cm³/mol. The molecule has 0 spiro atoms. The Balaban J connectivity index is 1.69. The Morgan fingerprint density at radius 3 is 2.47 bits per heavy atom. The summed E-state index contributed by atoms with van der Waals surface area (Å²) < 4.78 is 0. The summed E-state index contributed by atoms with van der Waals surface area (Å²) in [5.74, 6) is 1.24. The van der Waals surface area contributed by atoms with E-state index < -0.39 is 0 Å². The molecular formula is C17H18O2. The van der Waals surface area contributed by atoms with E-state index in [0.717, 1.165) is 19.3 Å². The highest BCUT2D eigenvalue weighted by Gasteiger charge is 2.22. The van der Waals surface area contributed by atoms with Gasteiger partial charge in [0.25, 0.3) is 0 Å². The molecule has 1 aliphatic carbocycles. The molecule has 2 heteroatoms. The van der Waals surface area contributed by atoms with Gasteiger partial charge in [-0.2, -0.15) is 0 Å². The van der Waals surface area contributed by atoms with Crippen molar-refractivity contribution in [3.05, 3.63) is 59.2 Å². The van der Waals surface area contributed by atoms with E-state index in [0.29, 0.717) is 17.4 Å². The third-order valence-electron chi connectivity index (χ3n) is 4.05. The third kappa shape index (κ3) is 2.58. The van der Waals surface area contributed by atoms with E-state index in [9.17, 15) is 10.2 Å². The second-order valence-electron chi connectivity index (χ2n) is 5.32. The highest BCUT2D eigenvalue weighted by atomic mass is 16.3. The van der Waals surface area contributed by atoms with Gasteiger partial charge < -0.3 is 10.2 Å². The molecule has 98 valence electrons. The Labute approximate surface area is 113 Å². The second kappa shape index (κ2) is 4.96. The van der Waals surface area contributed by atoms with Crippen LogP contribution in [0.2, 0.25) is 0 Å². The zero-order valence-electron chi connectivity index (χ0n) is 10.8. The summed E-state index contributed by atoms with van der Waals surface area (Å²) >= 11 is 0. The van der Waals surface area contributed by atoms with Gasteiger partial charge in [-0.05, 0) is 72.6 Å². The summed E-state index contributed by atoms with van der Waals surface area (Å²) in [5.41, 5.74) is 3.96. The molecule has 2 N–H and O–H groups in total. The molecule has 1 unspecified atom stereocenters. The number of fused-ring (bicyclic) bond motifs is 1. The van der Waals surface area contributed by atoms with Crippen LogP contribution in [-0.2, 0) is 12.8 Å². The Kier molecular flexibility index (Phi) is 3.16. The molecule has 0 fully saturated rings. The number of aromatic hydroxyl groups is 2. The number of benzene rings is 2. The third-order valence-corrected chi connectivity index (χ3v) is 4.05. The molecule has 0 bridgehead atoms. The zero-order chi connectivity index (χ0) is 13.2. The van der Waals surface area contributed by atoms with Crippen molar-refractivity contribution in [1.82, 2.24) is 0 Å². The molecular weight excluding hydrogens is 236 g/mol. The highest BCUT2D eigenvalue weighted by molar-refractivity contribution is 5.40. The Morgan fingerprint density at radius 1 is 0.947 bits per heavy atom. The number of hydrogen-bond donors (Lipinski definition) is 2. The van der Waals surface area contributed by atoms with Crippen LogP contribution in [0.3, 0.4) is 0 Å². The number of hydrogen-bond acceptors (Lipinski definition) is 2. The van der Waals surface area contributed by atoms with E-state index in [4.69, 9.17) is 0 Å². The van der Waals surface area contributed by atoms with Crippen molar-refractivity contribution in [3.8, 4) is 11.5 Å². The van der Waals surface area contributed by atoms with Crippen LogP contribution >= 0.6 is 0 Å². The SMILES string of the molecule is Oc1ccc(CCC2CCc3ccc(O)cc32)cc1. The number of phenolic OH excluding ortho intramolecular Hbond substituents is 2. The minimum absolute atomic E-state index is 0.319. The van der Waals surface area contributed by atoms with E-state index in [1.807, 2.05) is 24.3 Å². The van der Waals surface area contributed by atoms with E-state index in [2.05, 4.69) is 0 Å². The standard InChI is InChI=1S/C17H18O2/c18-15-8-2-12(3-9-15)1-4-13-5-6-14-7-10-16(19)11-17(13)14/h2-3,7-11,13,18-19H,1,4-6H2. The van der Waals surface area contributed by atoms with Gasteiger partial charge in [0.2, 0.25) is 0 Å². The lowest BCUT2D eigenvalue weighted by Gasteiger charge is -2.12. The summed E-state index contributed by atoms with van der Waals surface area (Å²) in [6.07, 6.45) is 4.41. The Bertz CT molecular complexity index is 572. The first-order valence-electron chi connectivity index (χ1n) is 6.82. The average molecular weight is 254 g/mol. The fourth-order valence-electron chi connectivity index (χ4n) is 2.98. The van der Waals surface area contributed by atoms with Gasteiger partial charge in [0.1, 0.15) is 11.5 Å². The fourth-order valence-corrected chi connectivity index (χ4v) is 2.98. The van der Waals surface area contributed by atoms with Gasteiger partial charge in [-0.25, -0.2) is 0 Å². The van der Waals surface area contributed by atoms with E-state index in [1.165, 1.54) is 23.1 Å². The predicted octanol–water partition coefficient (Wildman–Crippen LogP) is 3.76. The first kappa shape index (κ1) is 12.1. The summed E-state index contributed by atoms with van der Waals surface area (Å²) in [6, 6.07) is 13.2. The zero-order valence-corrected chi connectivity index (χ0v) is 10.8. The van der Waals surface area contributed by atoms with E-state index >= 15 is 0 Å². The summed E-state index contributed by atoms with van der Waals surface area (Å²) in [6.45, 7) is 0. The van der Waals surface area contributed by atoms with Crippen LogP contribution in [0.1, 0.15) is 35.4 Å². The number of rotatable bonds is 3. The lowest BCUT2D eigenvalue weighted by molar-refractivity contribution is 0.473. The summed E-state index contributed by atoms with van der Waals surface area (Å²) in [7, 11) is 0. The smallest absolute Gasteiger partial charge is 0.115 e. The van der Waals surface area contributed by atoms with Crippen molar-refractivity contribution < 1.29 is 10.2 Å². The quantitative estimate of drug-likeness (QED) is 0.875. The van der Waals surface area contributed by atoms with E-state index in [1.54, 1.807) is 18.2 Å². The molecule has 1 aliphatic rings. The molecule has 0 aliphatic heterocycles. The molecule has 2 aromatic carbocycles. The van der Waals surface area contributed by atoms with Gasteiger partial charge in [-0.3, -0.25) is 0 Å². The second-order valence-corrected chi connectivity index (χ2v) is 5.32. The minimum atomic E-state index is 0.319. The van der Waals surface area contributed by atoms with Gasteiger partial charge in [-0.15, -0.1) is 0 Å². The first-order chi connectivity index (χ1) is 9.22. The lowest BCUT2D eigenvalue weighted by atomic mass is 9.94. The molecule has 0 radical (unpaired) electrons. The molecule has 3 rings (SSSR count). The maximum absolute atomic E-state index is 9.60. The monoisotopic (exact) mass is 254 g/mol. The molecule has 0 aromatic heterocycles.